The Morgan fingerprint density at radius 2 is 1.68 bits per heavy atom. The Labute approximate surface area is 115 Å². The van der Waals surface area contributed by atoms with Crippen LogP contribution in [0.4, 0.5) is 8.78 Å². The van der Waals surface area contributed by atoms with Crippen LogP contribution in [0, 0.1) is 23.0 Å². The molecule has 0 spiro atoms. The van der Waals surface area contributed by atoms with E-state index in [2.05, 4.69) is 33.0 Å². The lowest BCUT2D eigenvalue weighted by molar-refractivity contribution is 0.221. The van der Waals surface area contributed by atoms with E-state index in [0.29, 0.717) is 12.5 Å². The minimum absolute atomic E-state index is 0.120. The van der Waals surface area contributed by atoms with E-state index in [4.69, 9.17) is 0 Å². The number of benzene rings is 1. The summed E-state index contributed by atoms with van der Waals surface area (Å²) in [5, 5.41) is 3.20. The molecule has 0 saturated heterocycles. The maximum atomic E-state index is 13.9. The van der Waals surface area contributed by atoms with Gasteiger partial charge in [-0.3, -0.25) is 0 Å². The molecule has 0 aromatic heterocycles. The van der Waals surface area contributed by atoms with Crippen molar-refractivity contribution < 1.29 is 8.78 Å². The number of hydrogen-bond acceptors (Lipinski definition) is 1. The summed E-state index contributed by atoms with van der Waals surface area (Å²) in [6, 6.07) is 3.78. The minimum atomic E-state index is -0.466. The zero-order chi connectivity index (χ0) is 14.6. The van der Waals surface area contributed by atoms with Crippen molar-refractivity contribution in [3.8, 4) is 0 Å². The number of rotatable bonds is 5. The van der Waals surface area contributed by atoms with Gasteiger partial charge in [0.05, 0.1) is 0 Å². The fourth-order valence-corrected chi connectivity index (χ4v) is 2.10. The zero-order valence-corrected chi connectivity index (χ0v) is 12.6. The maximum Gasteiger partial charge on any atom is 0.130 e. The zero-order valence-electron chi connectivity index (χ0n) is 12.6. The fraction of sp³-hybridized carbons (Fsp3) is 0.625. The van der Waals surface area contributed by atoms with Gasteiger partial charge in [-0.15, -0.1) is 0 Å². The number of hydrogen-bond donors (Lipinski definition) is 1. The molecule has 2 unspecified atom stereocenters. The van der Waals surface area contributed by atoms with Crippen LogP contribution in [0.1, 0.15) is 52.6 Å². The Kier molecular flexibility index (Phi) is 5.48. The molecule has 1 rings (SSSR count). The van der Waals surface area contributed by atoms with Crippen molar-refractivity contribution in [1.29, 1.82) is 0 Å². The van der Waals surface area contributed by atoms with Crippen molar-refractivity contribution in [1.82, 2.24) is 5.32 Å². The second kappa shape index (κ2) is 6.47. The van der Waals surface area contributed by atoms with Crippen LogP contribution < -0.4 is 5.32 Å². The van der Waals surface area contributed by atoms with E-state index in [1.54, 1.807) is 0 Å². The average molecular weight is 269 g/mol. The highest BCUT2D eigenvalue weighted by Crippen LogP contribution is 2.34. The van der Waals surface area contributed by atoms with Crippen LogP contribution in [-0.2, 0) is 0 Å². The highest BCUT2D eigenvalue weighted by Gasteiger charge is 2.27. The predicted octanol–water partition coefficient (Wildman–Crippen LogP) is 4.69. The molecule has 1 aromatic carbocycles. The Morgan fingerprint density at radius 1 is 1.16 bits per heavy atom. The molecule has 0 saturated carbocycles. The quantitative estimate of drug-likeness (QED) is 0.818. The van der Waals surface area contributed by atoms with Crippen molar-refractivity contribution in [2.75, 3.05) is 6.54 Å². The first kappa shape index (κ1) is 16.1. The molecular weight excluding hydrogens is 244 g/mol. The molecule has 0 aliphatic carbocycles. The first-order valence-electron chi connectivity index (χ1n) is 6.94. The predicted molar refractivity (Wildman–Crippen MR) is 76.0 cm³/mol. The Bertz CT molecular complexity index is 389. The Morgan fingerprint density at radius 3 is 2.11 bits per heavy atom. The third-order valence-electron chi connectivity index (χ3n) is 3.87. The van der Waals surface area contributed by atoms with Crippen LogP contribution in [0.25, 0.3) is 0 Å². The normalized spacial score (nSPS) is 15.3. The summed E-state index contributed by atoms with van der Waals surface area (Å²) in [6.07, 6.45) is 0.717. The van der Waals surface area contributed by atoms with E-state index < -0.39 is 11.6 Å². The molecule has 3 heteroatoms. The molecule has 2 atom stereocenters. The maximum absolute atomic E-state index is 13.9. The molecule has 0 aliphatic rings. The molecule has 1 nitrogen and oxygen atoms in total. The second-order valence-corrected chi connectivity index (χ2v) is 6.25. The summed E-state index contributed by atoms with van der Waals surface area (Å²) in [5.74, 6) is -0.574. The monoisotopic (exact) mass is 269 g/mol. The molecule has 0 radical (unpaired) electrons. The van der Waals surface area contributed by atoms with Gasteiger partial charge in [0.15, 0.2) is 0 Å². The standard InChI is InChI=1S/C16H25F2N/c1-6-19-14(10-11(2)16(3,4)5)15-12(17)8-7-9-13(15)18/h7-9,11,14,19H,6,10H2,1-5H3. The highest BCUT2D eigenvalue weighted by atomic mass is 19.1. The SMILES string of the molecule is CCNC(CC(C)C(C)(C)C)c1c(F)cccc1F. The Balaban J connectivity index is 3.01. The average Bonchev–Trinajstić information content (AvgIpc) is 2.27. The molecule has 1 N–H and O–H groups in total. The fourth-order valence-electron chi connectivity index (χ4n) is 2.10. The highest BCUT2D eigenvalue weighted by molar-refractivity contribution is 5.23. The first-order valence-corrected chi connectivity index (χ1v) is 6.94. The molecule has 0 heterocycles. The van der Waals surface area contributed by atoms with Gasteiger partial charge in [0, 0.05) is 11.6 Å². The molecule has 0 fully saturated rings. The van der Waals surface area contributed by atoms with Gasteiger partial charge in [0.1, 0.15) is 11.6 Å². The largest absolute Gasteiger partial charge is 0.310 e. The molecule has 0 amide bonds. The van der Waals surface area contributed by atoms with Gasteiger partial charge in [-0.2, -0.15) is 0 Å². The summed E-state index contributed by atoms with van der Waals surface area (Å²) in [6.45, 7) is 11.2. The van der Waals surface area contributed by atoms with Crippen LogP contribution in [0.2, 0.25) is 0 Å². The summed E-state index contributed by atoms with van der Waals surface area (Å²) in [4.78, 5) is 0. The van der Waals surface area contributed by atoms with Crippen molar-refractivity contribution in [2.24, 2.45) is 11.3 Å². The summed E-state index contributed by atoms with van der Waals surface area (Å²) in [7, 11) is 0. The van der Waals surface area contributed by atoms with E-state index in [1.165, 1.54) is 18.2 Å². The summed E-state index contributed by atoms with van der Waals surface area (Å²) in [5.41, 5.74) is 0.288. The topological polar surface area (TPSA) is 12.0 Å². The van der Waals surface area contributed by atoms with E-state index in [1.807, 2.05) is 6.92 Å². The van der Waals surface area contributed by atoms with Crippen molar-refractivity contribution in [3.63, 3.8) is 0 Å². The van der Waals surface area contributed by atoms with Crippen molar-refractivity contribution >= 4 is 0 Å². The van der Waals surface area contributed by atoms with Crippen LogP contribution in [0.5, 0.6) is 0 Å². The molecule has 19 heavy (non-hydrogen) atoms. The van der Waals surface area contributed by atoms with E-state index in [0.717, 1.165) is 6.42 Å². The van der Waals surface area contributed by atoms with Crippen molar-refractivity contribution in [2.45, 2.75) is 47.1 Å². The van der Waals surface area contributed by atoms with Gasteiger partial charge >= 0.3 is 0 Å². The summed E-state index contributed by atoms with van der Waals surface area (Å²) < 4.78 is 27.8. The van der Waals surface area contributed by atoms with E-state index in [9.17, 15) is 8.78 Å². The molecule has 0 aliphatic heterocycles. The number of nitrogens with one attached hydrogen (secondary N) is 1. The van der Waals surface area contributed by atoms with Crippen LogP contribution in [0.3, 0.4) is 0 Å². The summed E-state index contributed by atoms with van der Waals surface area (Å²) >= 11 is 0. The second-order valence-electron chi connectivity index (χ2n) is 6.25. The van der Waals surface area contributed by atoms with Gasteiger partial charge in [-0.1, -0.05) is 40.7 Å². The van der Waals surface area contributed by atoms with Gasteiger partial charge in [-0.05, 0) is 36.4 Å². The lowest BCUT2D eigenvalue weighted by atomic mass is 9.77. The van der Waals surface area contributed by atoms with Gasteiger partial charge in [-0.25, -0.2) is 8.78 Å². The van der Waals surface area contributed by atoms with Crippen LogP contribution in [-0.4, -0.2) is 6.54 Å². The number of halogens is 2. The van der Waals surface area contributed by atoms with Crippen LogP contribution >= 0.6 is 0 Å². The molecule has 108 valence electrons. The first-order chi connectivity index (χ1) is 8.77. The smallest absolute Gasteiger partial charge is 0.130 e. The van der Waals surface area contributed by atoms with E-state index in [-0.39, 0.29) is 17.0 Å². The van der Waals surface area contributed by atoms with Crippen molar-refractivity contribution in [3.05, 3.63) is 35.4 Å². The van der Waals surface area contributed by atoms with Gasteiger partial charge in [0.2, 0.25) is 0 Å². The minimum Gasteiger partial charge on any atom is -0.310 e. The van der Waals surface area contributed by atoms with Crippen LogP contribution in [0.15, 0.2) is 18.2 Å². The lowest BCUT2D eigenvalue weighted by Gasteiger charge is -2.31. The molecule has 1 aromatic rings. The molecule has 0 bridgehead atoms. The lowest BCUT2D eigenvalue weighted by Crippen LogP contribution is -2.28. The van der Waals surface area contributed by atoms with E-state index >= 15 is 0 Å². The van der Waals surface area contributed by atoms with Gasteiger partial charge < -0.3 is 5.32 Å². The third kappa shape index (κ3) is 4.27. The van der Waals surface area contributed by atoms with Gasteiger partial charge in [0.25, 0.3) is 0 Å². The molecular formula is C16H25F2N. The third-order valence-corrected chi connectivity index (χ3v) is 3.87. The Hall–Kier alpha value is -0.960.